The molecule has 29 heavy (non-hydrogen) atoms. The fourth-order valence-electron chi connectivity index (χ4n) is 3.29. The van der Waals surface area contributed by atoms with Crippen LogP contribution in [0.25, 0.3) is 11.1 Å². The maximum Gasteiger partial charge on any atom is 0.407 e. The highest BCUT2D eigenvalue weighted by molar-refractivity contribution is 7.99. The van der Waals surface area contributed by atoms with Crippen LogP contribution < -0.4 is 10.6 Å². The number of thioether (sulfide) groups is 1. The van der Waals surface area contributed by atoms with Crippen LogP contribution in [-0.4, -0.2) is 47.4 Å². The molecule has 0 fully saturated rings. The Hall–Kier alpha value is -3.00. The van der Waals surface area contributed by atoms with E-state index in [4.69, 9.17) is 4.74 Å². The van der Waals surface area contributed by atoms with E-state index in [9.17, 15) is 19.5 Å². The molecule has 0 saturated carbocycles. The molecule has 0 saturated heterocycles. The first-order valence-corrected chi connectivity index (χ1v) is 10.3. The van der Waals surface area contributed by atoms with E-state index in [-0.39, 0.29) is 30.1 Å². The minimum atomic E-state index is -1.16. The SMILES string of the molecule is CC(=O)NCSC[C@H](NC(=O)OCC1c2ccccc2-c2ccccc21)C(=O)O. The number of benzene rings is 2. The average molecular weight is 414 g/mol. The molecule has 152 valence electrons. The standard InChI is InChI=1S/C21H22N2O5S/c1-13(24)22-12-29-11-19(20(25)26)23-21(27)28-10-18-16-8-4-2-6-14(16)15-7-3-5-9-17(15)18/h2-9,18-19H,10-12H2,1H3,(H,22,24)(H,23,27)(H,25,26)/t19-/m0/s1. The van der Waals surface area contributed by atoms with Gasteiger partial charge in [0.1, 0.15) is 12.6 Å². The van der Waals surface area contributed by atoms with Gasteiger partial charge in [0.2, 0.25) is 5.91 Å². The zero-order valence-corrected chi connectivity index (χ0v) is 16.7. The van der Waals surface area contributed by atoms with Gasteiger partial charge in [-0.15, -0.1) is 11.8 Å². The number of amides is 2. The molecule has 7 nitrogen and oxygen atoms in total. The topological polar surface area (TPSA) is 105 Å². The van der Waals surface area contributed by atoms with Gasteiger partial charge in [-0.05, 0) is 22.3 Å². The second-order valence-corrected chi connectivity index (χ2v) is 7.64. The van der Waals surface area contributed by atoms with Crippen molar-refractivity contribution in [1.29, 1.82) is 0 Å². The summed E-state index contributed by atoms with van der Waals surface area (Å²) in [7, 11) is 0. The monoisotopic (exact) mass is 414 g/mol. The number of carboxylic acid groups (broad SMARTS) is 1. The molecule has 0 heterocycles. The van der Waals surface area contributed by atoms with Gasteiger partial charge in [0.05, 0.1) is 5.88 Å². The number of alkyl carbamates (subject to hydrolysis) is 1. The number of nitrogens with one attached hydrogen (secondary N) is 2. The summed E-state index contributed by atoms with van der Waals surface area (Å²) >= 11 is 1.20. The molecule has 2 amide bonds. The van der Waals surface area contributed by atoms with Crippen LogP contribution in [0.15, 0.2) is 48.5 Å². The van der Waals surface area contributed by atoms with Gasteiger partial charge in [-0.1, -0.05) is 48.5 Å². The molecule has 1 aliphatic carbocycles. The van der Waals surface area contributed by atoms with Gasteiger partial charge in [0.25, 0.3) is 0 Å². The maximum atomic E-state index is 12.2. The molecule has 3 rings (SSSR count). The summed E-state index contributed by atoms with van der Waals surface area (Å²) in [5.41, 5.74) is 4.41. The van der Waals surface area contributed by atoms with Crippen LogP contribution in [0.3, 0.4) is 0 Å². The summed E-state index contributed by atoms with van der Waals surface area (Å²) in [6, 6.07) is 14.9. The van der Waals surface area contributed by atoms with E-state index in [1.807, 2.05) is 48.5 Å². The van der Waals surface area contributed by atoms with Crippen molar-refractivity contribution in [2.75, 3.05) is 18.2 Å². The van der Waals surface area contributed by atoms with Crippen molar-refractivity contribution in [1.82, 2.24) is 10.6 Å². The number of carbonyl (C=O) groups excluding carboxylic acids is 2. The van der Waals surface area contributed by atoms with E-state index in [2.05, 4.69) is 10.6 Å². The number of hydrogen-bond donors (Lipinski definition) is 3. The molecule has 3 N–H and O–H groups in total. The van der Waals surface area contributed by atoms with Crippen LogP contribution >= 0.6 is 11.8 Å². The summed E-state index contributed by atoms with van der Waals surface area (Å²) in [6.45, 7) is 1.50. The minimum absolute atomic E-state index is 0.0921. The zero-order valence-electron chi connectivity index (χ0n) is 15.9. The Morgan fingerprint density at radius 2 is 1.66 bits per heavy atom. The molecular weight excluding hydrogens is 392 g/mol. The summed E-state index contributed by atoms with van der Waals surface area (Å²) < 4.78 is 5.37. The van der Waals surface area contributed by atoms with Crippen molar-refractivity contribution in [2.24, 2.45) is 0 Å². The van der Waals surface area contributed by atoms with Gasteiger partial charge in [0.15, 0.2) is 0 Å². The molecular formula is C21H22N2O5S. The van der Waals surface area contributed by atoms with E-state index in [1.165, 1.54) is 18.7 Å². The second-order valence-electron chi connectivity index (χ2n) is 6.61. The molecule has 2 aromatic carbocycles. The first-order chi connectivity index (χ1) is 14.0. The fraction of sp³-hybridized carbons (Fsp3) is 0.286. The lowest BCUT2D eigenvalue weighted by atomic mass is 9.98. The van der Waals surface area contributed by atoms with E-state index in [1.54, 1.807) is 0 Å². The molecule has 0 unspecified atom stereocenters. The molecule has 0 aromatic heterocycles. The Morgan fingerprint density at radius 3 is 2.21 bits per heavy atom. The Kier molecular flexibility index (Phi) is 6.77. The van der Waals surface area contributed by atoms with Crippen molar-refractivity contribution in [3.05, 3.63) is 59.7 Å². The highest BCUT2D eigenvalue weighted by Crippen LogP contribution is 2.44. The van der Waals surface area contributed by atoms with Crippen LogP contribution in [0.2, 0.25) is 0 Å². The fourth-order valence-corrected chi connectivity index (χ4v) is 4.17. The van der Waals surface area contributed by atoms with E-state index < -0.39 is 18.1 Å². The van der Waals surface area contributed by atoms with Gasteiger partial charge < -0.3 is 20.5 Å². The third-order valence-electron chi connectivity index (χ3n) is 4.64. The van der Waals surface area contributed by atoms with Crippen LogP contribution in [0.1, 0.15) is 24.0 Å². The van der Waals surface area contributed by atoms with E-state index >= 15 is 0 Å². The summed E-state index contributed by atoms with van der Waals surface area (Å²) in [5, 5.41) is 14.2. The van der Waals surface area contributed by atoms with Crippen LogP contribution in [0.5, 0.6) is 0 Å². The number of rotatable bonds is 8. The summed E-state index contributed by atoms with van der Waals surface area (Å²) in [5.74, 6) is -1.07. The predicted octanol–water partition coefficient (Wildman–Crippen LogP) is 2.81. The highest BCUT2D eigenvalue weighted by atomic mass is 32.2. The van der Waals surface area contributed by atoms with Gasteiger partial charge in [-0.2, -0.15) is 0 Å². The van der Waals surface area contributed by atoms with Crippen molar-refractivity contribution >= 4 is 29.7 Å². The predicted molar refractivity (Wildman–Crippen MR) is 111 cm³/mol. The van der Waals surface area contributed by atoms with E-state index in [0.717, 1.165) is 22.3 Å². The van der Waals surface area contributed by atoms with Gasteiger partial charge in [-0.3, -0.25) is 4.79 Å². The average Bonchev–Trinajstić information content (AvgIpc) is 3.02. The third kappa shape index (κ3) is 5.08. The molecule has 0 radical (unpaired) electrons. The molecule has 0 spiro atoms. The number of hydrogen-bond acceptors (Lipinski definition) is 5. The van der Waals surface area contributed by atoms with E-state index in [0.29, 0.717) is 0 Å². The normalized spacial score (nSPS) is 13.1. The summed E-state index contributed by atoms with van der Waals surface area (Å²) in [6.07, 6.45) is -0.778. The van der Waals surface area contributed by atoms with Crippen molar-refractivity contribution in [2.45, 2.75) is 18.9 Å². The second kappa shape index (κ2) is 9.47. The number of ether oxygens (including phenoxy) is 1. The van der Waals surface area contributed by atoms with Crippen molar-refractivity contribution < 1.29 is 24.2 Å². The lowest BCUT2D eigenvalue weighted by Crippen LogP contribution is -2.43. The van der Waals surface area contributed by atoms with Gasteiger partial charge in [-0.25, -0.2) is 9.59 Å². The lowest BCUT2D eigenvalue weighted by molar-refractivity contribution is -0.138. The highest BCUT2D eigenvalue weighted by Gasteiger charge is 2.29. The largest absolute Gasteiger partial charge is 0.480 e. The van der Waals surface area contributed by atoms with Gasteiger partial charge >= 0.3 is 12.1 Å². The first-order valence-electron chi connectivity index (χ1n) is 9.14. The Labute approximate surface area is 172 Å². The smallest absolute Gasteiger partial charge is 0.407 e. The molecule has 0 aliphatic heterocycles. The minimum Gasteiger partial charge on any atom is -0.480 e. The molecule has 0 bridgehead atoms. The Balaban J connectivity index is 1.58. The van der Waals surface area contributed by atoms with Crippen molar-refractivity contribution in [3.63, 3.8) is 0 Å². The molecule has 1 aliphatic rings. The van der Waals surface area contributed by atoms with Crippen LogP contribution in [0, 0.1) is 0 Å². The van der Waals surface area contributed by atoms with Crippen LogP contribution in [-0.2, 0) is 14.3 Å². The van der Waals surface area contributed by atoms with Crippen LogP contribution in [0.4, 0.5) is 4.79 Å². The first kappa shape index (κ1) is 20.7. The van der Waals surface area contributed by atoms with Crippen molar-refractivity contribution in [3.8, 4) is 11.1 Å². The number of fused-ring (bicyclic) bond motifs is 3. The molecule has 2 aromatic rings. The number of carboxylic acids is 1. The van der Waals surface area contributed by atoms with Gasteiger partial charge in [0, 0.05) is 18.6 Å². The zero-order chi connectivity index (χ0) is 20.8. The number of carbonyl (C=O) groups is 3. The molecule has 8 heteroatoms. The third-order valence-corrected chi connectivity index (χ3v) is 5.56. The number of aliphatic carboxylic acids is 1. The molecule has 1 atom stereocenters. The maximum absolute atomic E-state index is 12.2. The Morgan fingerprint density at radius 1 is 1.07 bits per heavy atom. The Bertz CT molecular complexity index is 872. The lowest BCUT2D eigenvalue weighted by Gasteiger charge is -2.17. The summed E-state index contributed by atoms with van der Waals surface area (Å²) in [4.78, 5) is 34.4. The quantitative estimate of drug-likeness (QED) is 0.453.